The average Bonchev–Trinajstić information content (AvgIpc) is 3.44. The number of anilines is 2. The van der Waals surface area contributed by atoms with Crippen molar-refractivity contribution < 1.29 is 9.15 Å². The lowest BCUT2D eigenvalue weighted by Crippen LogP contribution is -2.33. The highest BCUT2D eigenvalue weighted by Gasteiger charge is 2.23. The Morgan fingerprint density at radius 1 is 1.20 bits per heavy atom. The fraction of sp³-hybridized carbons (Fsp3) is 0.375. The van der Waals surface area contributed by atoms with E-state index >= 15 is 0 Å². The van der Waals surface area contributed by atoms with Gasteiger partial charge in [0, 0.05) is 17.8 Å². The van der Waals surface area contributed by atoms with Crippen molar-refractivity contribution in [2.45, 2.75) is 25.7 Å². The Balaban J connectivity index is 1.67. The quantitative estimate of drug-likeness (QED) is 0.460. The zero-order chi connectivity index (χ0) is 20.9. The molecule has 6 heteroatoms. The number of rotatable bonds is 7. The Labute approximate surface area is 177 Å². The minimum absolute atomic E-state index is 0.350. The molecule has 0 aliphatic carbocycles. The van der Waals surface area contributed by atoms with Crippen LogP contribution in [0.2, 0.25) is 0 Å². The van der Waals surface area contributed by atoms with E-state index in [4.69, 9.17) is 14.9 Å². The van der Waals surface area contributed by atoms with E-state index in [0.717, 1.165) is 41.6 Å². The van der Waals surface area contributed by atoms with E-state index in [1.54, 1.807) is 20.4 Å². The third-order valence-electron chi connectivity index (χ3n) is 5.77. The van der Waals surface area contributed by atoms with E-state index in [0.29, 0.717) is 11.8 Å². The van der Waals surface area contributed by atoms with Crippen molar-refractivity contribution in [3.05, 3.63) is 54.3 Å². The molecule has 1 saturated heterocycles. The fourth-order valence-electron chi connectivity index (χ4n) is 4.17. The highest BCUT2D eigenvalue weighted by Crippen LogP contribution is 2.39. The topological polar surface area (TPSA) is 67.2 Å². The zero-order valence-corrected chi connectivity index (χ0v) is 17.8. The summed E-state index contributed by atoms with van der Waals surface area (Å²) in [6, 6.07) is 14.3. The van der Waals surface area contributed by atoms with Crippen molar-refractivity contribution in [2.75, 3.05) is 38.7 Å². The molecule has 30 heavy (non-hydrogen) atoms. The summed E-state index contributed by atoms with van der Waals surface area (Å²) >= 11 is 0. The maximum Gasteiger partial charge on any atom is 0.214 e. The number of benzene rings is 2. The molecule has 1 aliphatic heterocycles. The number of nitrogens with two attached hydrogens (primary N) is 1. The lowest BCUT2D eigenvalue weighted by atomic mass is 10.1. The first-order chi connectivity index (χ1) is 14.7. The molecule has 0 amide bonds. The van der Waals surface area contributed by atoms with Crippen molar-refractivity contribution in [3.8, 4) is 5.75 Å². The predicted molar refractivity (Wildman–Crippen MR) is 123 cm³/mol. The van der Waals surface area contributed by atoms with Crippen LogP contribution in [0.15, 0.2) is 58.1 Å². The standard InChI is InChI=1S/C24H30N4O2/c1-26-24(25)28(23-20-10-4-3-9-19(20)17-30-23)21-16-18(11-12-22(21)29-2)8-7-15-27-13-5-6-14-27/h3-4,9-12,16-17H,5-8,13-15H2,1-2H3,(H2,25,26). The van der Waals surface area contributed by atoms with Gasteiger partial charge in [0.15, 0.2) is 0 Å². The monoisotopic (exact) mass is 406 g/mol. The molecule has 1 aromatic heterocycles. The molecule has 2 heterocycles. The second-order valence-corrected chi connectivity index (χ2v) is 7.70. The molecular weight excluding hydrogens is 376 g/mol. The predicted octanol–water partition coefficient (Wildman–Crippen LogP) is 4.55. The van der Waals surface area contributed by atoms with Crippen LogP contribution in [0.4, 0.5) is 11.6 Å². The molecule has 2 N–H and O–H groups in total. The molecule has 2 aromatic carbocycles. The number of aryl methyl sites for hydroxylation is 1. The van der Waals surface area contributed by atoms with E-state index < -0.39 is 0 Å². The third-order valence-corrected chi connectivity index (χ3v) is 5.77. The first-order valence-corrected chi connectivity index (χ1v) is 10.6. The largest absolute Gasteiger partial charge is 0.495 e. The van der Waals surface area contributed by atoms with Gasteiger partial charge in [0.05, 0.1) is 12.8 Å². The van der Waals surface area contributed by atoms with Gasteiger partial charge in [-0.3, -0.25) is 4.99 Å². The zero-order valence-electron chi connectivity index (χ0n) is 17.8. The Bertz CT molecular complexity index is 1020. The molecule has 0 bridgehead atoms. The van der Waals surface area contributed by atoms with Gasteiger partial charge in [0.2, 0.25) is 11.8 Å². The number of likely N-dealkylation sites (tertiary alicyclic amines) is 1. The Morgan fingerprint density at radius 3 is 2.77 bits per heavy atom. The number of fused-ring (bicyclic) bond motifs is 1. The van der Waals surface area contributed by atoms with Gasteiger partial charge in [-0.05, 0) is 69.1 Å². The van der Waals surface area contributed by atoms with Crippen LogP contribution in [-0.4, -0.2) is 44.7 Å². The normalized spacial score (nSPS) is 15.1. The summed E-state index contributed by atoms with van der Waals surface area (Å²) in [4.78, 5) is 8.63. The van der Waals surface area contributed by atoms with Gasteiger partial charge in [-0.2, -0.15) is 0 Å². The van der Waals surface area contributed by atoms with Crippen LogP contribution in [0.1, 0.15) is 24.8 Å². The van der Waals surface area contributed by atoms with Gasteiger partial charge in [-0.15, -0.1) is 0 Å². The Hall–Kier alpha value is -2.99. The third kappa shape index (κ3) is 4.14. The number of ether oxygens (including phenoxy) is 1. The van der Waals surface area contributed by atoms with Gasteiger partial charge in [0.25, 0.3) is 0 Å². The summed E-state index contributed by atoms with van der Waals surface area (Å²) in [5.41, 5.74) is 8.42. The lowest BCUT2D eigenvalue weighted by molar-refractivity contribution is 0.334. The number of nitrogens with zero attached hydrogens (tertiary/aromatic N) is 3. The number of methoxy groups -OCH3 is 1. The van der Waals surface area contributed by atoms with E-state index in [1.165, 1.54) is 31.5 Å². The first kappa shape index (κ1) is 20.3. The van der Waals surface area contributed by atoms with Crippen LogP contribution in [0, 0.1) is 0 Å². The summed E-state index contributed by atoms with van der Waals surface area (Å²) < 4.78 is 11.6. The van der Waals surface area contributed by atoms with Crippen molar-refractivity contribution in [1.82, 2.24) is 4.90 Å². The summed E-state index contributed by atoms with van der Waals surface area (Å²) in [6.07, 6.45) is 6.53. The van der Waals surface area contributed by atoms with Gasteiger partial charge in [0.1, 0.15) is 12.0 Å². The van der Waals surface area contributed by atoms with Crippen molar-refractivity contribution in [2.24, 2.45) is 10.7 Å². The second-order valence-electron chi connectivity index (χ2n) is 7.70. The van der Waals surface area contributed by atoms with Gasteiger partial charge >= 0.3 is 0 Å². The molecule has 158 valence electrons. The SMILES string of the molecule is CN=C(N)N(c1cc(CCCN2CCCC2)ccc1OC)c1occ2ccccc12. The van der Waals surface area contributed by atoms with E-state index in [2.05, 4.69) is 22.0 Å². The van der Waals surface area contributed by atoms with Crippen LogP contribution in [0.3, 0.4) is 0 Å². The van der Waals surface area contributed by atoms with Crippen LogP contribution in [0.5, 0.6) is 5.75 Å². The van der Waals surface area contributed by atoms with Crippen molar-refractivity contribution in [3.63, 3.8) is 0 Å². The number of furan rings is 1. The molecule has 0 spiro atoms. The second kappa shape index (κ2) is 9.22. The molecule has 1 aliphatic rings. The van der Waals surface area contributed by atoms with Crippen LogP contribution < -0.4 is 15.4 Å². The minimum Gasteiger partial charge on any atom is -0.495 e. The number of hydrogen-bond donors (Lipinski definition) is 1. The maximum atomic E-state index is 6.34. The van der Waals surface area contributed by atoms with Gasteiger partial charge in [-0.25, -0.2) is 4.90 Å². The first-order valence-electron chi connectivity index (χ1n) is 10.6. The van der Waals surface area contributed by atoms with Crippen LogP contribution >= 0.6 is 0 Å². The van der Waals surface area contributed by atoms with Gasteiger partial charge < -0.3 is 19.8 Å². The summed E-state index contributed by atoms with van der Waals surface area (Å²) in [7, 11) is 3.35. The van der Waals surface area contributed by atoms with Crippen LogP contribution in [-0.2, 0) is 6.42 Å². The molecule has 3 aromatic rings. The fourth-order valence-corrected chi connectivity index (χ4v) is 4.17. The van der Waals surface area contributed by atoms with E-state index in [9.17, 15) is 0 Å². The molecule has 0 radical (unpaired) electrons. The Kier molecular flexibility index (Phi) is 6.23. The van der Waals surface area contributed by atoms with E-state index in [-0.39, 0.29) is 0 Å². The molecule has 1 fully saturated rings. The summed E-state index contributed by atoms with van der Waals surface area (Å²) in [6.45, 7) is 3.61. The molecule has 0 atom stereocenters. The van der Waals surface area contributed by atoms with Crippen molar-refractivity contribution in [1.29, 1.82) is 0 Å². The molecule has 0 unspecified atom stereocenters. The number of guanidine groups is 1. The Morgan fingerprint density at radius 2 is 2.00 bits per heavy atom. The lowest BCUT2D eigenvalue weighted by Gasteiger charge is -2.24. The molecular formula is C24H30N4O2. The molecule has 4 rings (SSSR count). The highest BCUT2D eigenvalue weighted by atomic mass is 16.5. The van der Waals surface area contributed by atoms with E-state index in [1.807, 2.05) is 35.2 Å². The van der Waals surface area contributed by atoms with Crippen molar-refractivity contribution >= 4 is 28.3 Å². The average molecular weight is 407 g/mol. The number of aliphatic imine (C=N–C) groups is 1. The number of hydrogen-bond acceptors (Lipinski definition) is 4. The summed E-state index contributed by atoms with van der Waals surface area (Å²) in [5.74, 6) is 1.72. The maximum absolute atomic E-state index is 6.34. The minimum atomic E-state index is 0.350. The molecule has 0 saturated carbocycles. The highest BCUT2D eigenvalue weighted by molar-refractivity contribution is 6.08. The smallest absolute Gasteiger partial charge is 0.214 e. The molecule has 6 nitrogen and oxygen atoms in total. The van der Waals surface area contributed by atoms with Crippen LogP contribution in [0.25, 0.3) is 10.8 Å². The summed E-state index contributed by atoms with van der Waals surface area (Å²) in [5, 5.41) is 1.99. The van der Waals surface area contributed by atoms with Gasteiger partial charge in [-0.1, -0.05) is 24.3 Å².